The fraction of sp³-hybridized carbons (Fsp3) is 0.667. The number of carboxylic acid groups (broad SMARTS) is 1. The normalized spacial score (nSPS) is 22.1. The molecular formula is C12H19N3O4S. The molecule has 1 aromatic heterocycles. The quantitative estimate of drug-likeness (QED) is 0.797. The maximum atomic E-state index is 12.3. The second-order valence-electron chi connectivity index (χ2n) is 5.34. The average molecular weight is 301 g/mol. The molecule has 1 aliphatic carbocycles. The Kier molecular flexibility index (Phi) is 4.14. The smallest absolute Gasteiger partial charge is 0.305 e. The van der Waals surface area contributed by atoms with Crippen LogP contribution in [0.5, 0.6) is 0 Å². The Morgan fingerprint density at radius 2 is 2.25 bits per heavy atom. The predicted molar refractivity (Wildman–Crippen MR) is 71.6 cm³/mol. The van der Waals surface area contributed by atoms with Crippen LogP contribution in [0.15, 0.2) is 17.3 Å². The Bertz CT molecular complexity index is 596. The molecule has 0 amide bonds. The lowest BCUT2D eigenvalue weighted by atomic mass is 10.3. The van der Waals surface area contributed by atoms with Gasteiger partial charge in [-0.1, -0.05) is 6.92 Å². The summed E-state index contributed by atoms with van der Waals surface area (Å²) in [5, 5.41) is 12.5. The largest absolute Gasteiger partial charge is 0.481 e. The standard InChI is InChI=1S/C12H19N3O4S/c1-9-5-10(9)7-14(2)20(18,19)11-6-13-15(8-11)4-3-12(16)17/h6,8-10H,3-5,7H2,1-2H3,(H,16,17). The molecule has 20 heavy (non-hydrogen) atoms. The van der Waals surface area contributed by atoms with Crippen LogP contribution in [-0.2, 0) is 21.4 Å². The lowest BCUT2D eigenvalue weighted by molar-refractivity contribution is -0.137. The van der Waals surface area contributed by atoms with Gasteiger partial charge in [-0.25, -0.2) is 12.7 Å². The second-order valence-corrected chi connectivity index (χ2v) is 7.39. The van der Waals surface area contributed by atoms with Gasteiger partial charge < -0.3 is 5.11 Å². The monoisotopic (exact) mass is 301 g/mol. The molecule has 112 valence electrons. The van der Waals surface area contributed by atoms with Crippen molar-refractivity contribution in [3.8, 4) is 0 Å². The van der Waals surface area contributed by atoms with E-state index in [0.29, 0.717) is 18.4 Å². The van der Waals surface area contributed by atoms with Gasteiger partial charge in [0.25, 0.3) is 0 Å². The van der Waals surface area contributed by atoms with E-state index in [0.717, 1.165) is 6.42 Å². The molecule has 2 atom stereocenters. The summed E-state index contributed by atoms with van der Waals surface area (Å²) in [7, 11) is -1.97. The molecule has 1 heterocycles. The summed E-state index contributed by atoms with van der Waals surface area (Å²) in [6, 6.07) is 0. The van der Waals surface area contributed by atoms with Crippen LogP contribution in [0.2, 0.25) is 0 Å². The summed E-state index contributed by atoms with van der Waals surface area (Å²) in [4.78, 5) is 10.6. The van der Waals surface area contributed by atoms with Crippen LogP contribution >= 0.6 is 0 Å². The van der Waals surface area contributed by atoms with Gasteiger partial charge in [-0.15, -0.1) is 0 Å². The van der Waals surface area contributed by atoms with Crippen molar-refractivity contribution in [2.75, 3.05) is 13.6 Å². The summed E-state index contributed by atoms with van der Waals surface area (Å²) in [6.07, 6.45) is 3.63. The molecule has 7 nitrogen and oxygen atoms in total. The number of aromatic nitrogens is 2. The van der Waals surface area contributed by atoms with Gasteiger partial charge in [0.05, 0.1) is 19.2 Å². The zero-order chi connectivity index (χ0) is 14.9. The maximum Gasteiger partial charge on any atom is 0.305 e. The summed E-state index contributed by atoms with van der Waals surface area (Å²) in [5.74, 6) is 0.0903. The SMILES string of the molecule is CC1CC1CN(C)S(=O)(=O)c1cnn(CCC(=O)O)c1. The number of sulfonamides is 1. The minimum absolute atomic E-state index is 0.0867. The Balaban J connectivity index is 2.03. The number of aliphatic carboxylic acids is 1. The number of rotatable bonds is 7. The first kappa shape index (κ1) is 15.0. The fourth-order valence-corrected chi connectivity index (χ4v) is 3.25. The van der Waals surface area contributed by atoms with Crippen molar-refractivity contribution < 1.29 is 18.3 Å². The zero-order valence-corrected chi connectivity index (χ0v) is 12.4. The van der Waals surface area contributed by atoms with Gasteiger partial charge in [-0.2, -0.15) is 5.10 Å². The van der Waals surface area contributed by atoms with Gasteiger partial charge in [0.15, 0.2) is 0 Å². The van der Waals surface area contributed by atoms with Crippen molar-refractivity contribution in [3.63, 3.8) is 0 Å². The van der Waals surface area contributed by atoms with Gasteiger partial charge in [0.2, 0.25) is 10.0 Å². The zero-order valence-electron chi connectivity index (χ0n) is 11.6. The highest BCUT2D eigenvalue weighted by molar-refractivity contribution is 7.89. The number of hydrogen-bond acceptors (Lipinski definition) is 4. The van der Waals surface area contributed by atoms with Crippen molar-refractivity contribution in [3.05, 3.63) is 12.4 Å². The molecular weight excluding hydrogens is 282 g/mol. The molecule has 0 saturated heterocycles. The van der Waals surface area contributed by atoms with E-state index >= 15 is 0 Å². The van der Waals surface area contributed by atoms with Gasteiger partial charge in [-0.3, -0.25) is 9.48 Å². The van der Waals surface area contributed by atoms with Gasteiger partial charge in [-0.05, 0) is 18.3 Å². The molecule has 0 radical (unpaired) electrons. The van der Waals surface area contributed by atoms with E-state index in [2.05, 4.69) is 12.0 Å². The van der Waals surface area contributed by atoms with E-state index in [-0.39, 0.29) is 17.9 Å². The van der Waals surface area contributed by atoms with Gasteiger partial charge in [0, 0.05) is 19.8 Å². The number of aryl methyl sites for hydroxylation is 1. The fourth-order valence-electron chi connectivity index (χ4n) is 2.07. The molecule has 2 rings (SSSR count). The van der Waals surface area contributed by atoms with Crippen LogP contribution < -0.4 is 0 Å². The molecule has 1 N–H and O–H groups in total. The van der Waals surface area contributed by atoms with Crippen molar-refractivity contribution in [1.29, 1.82) is 0 Å². The van der Waals surface area contributed by atoms with E-state index in [4.69, 9.17) is 5.11 Å². The average Bonchev–Trinajstić information content (AvgIpc) is 2.89. The molecule has 1 aromatic rings. The number of carbonyl (C=O) groups is 1. The molecule has 1 aliphatic rings. The Morgan fingerprint density at radius 3 is 2.80 bits per heavy atom. The van der Waals surface area contributed by atoms with E-state index in [9.17, 15) is 13.2 Å². The molecule has 8 heteroatoms. The Labute approximate surface area is 118 Å². The van der Waals surface area contributed by atoms with E-state index in [1.807, 2.05) is 0 Å². The summed E-state index contributed by atoms with van der Waals surface area (Å²) in [5.41, 5.74) is 0. The van der Waals surface area contributed by atoms with Crippen molar-refractivity contribution in [2.24, 2.45) is 11.8 Å². The second kappa shape index (κ2) is 5.53. The van der Waals surface area contributed by atoms with Crippen LogP contribution in [0.3, 0.4) is 0 Å². The summed E-state index contributed by atoms with van der Waals surface area (Å²) >= 11 is 0. The highest BCUT2D eigenvalue weighted by atomic mass is 32.2. The first-order chi connectivity index (χ1) is 9.30. The summed E-state index contributed by atoms with van der Waals surface area (Å²) in [6.45, 7) is 2.78. The number of carboxylic acids is 1. The highest BCUT2D eigenvalue weighted by Gasteiger charge is 2.36. The first-order valence-corrected chi connectivity index (χ1v) is 7.95. The molecule has 1 fully saturated rings. The van der Waals surface area contributed by atoms with E-state index in [1.165, 1.54) is 21.4 Å². The van der Waals surface area contributed by atoms with Gasteiger partial charge in [0.1, 0.15) is 4.90 Å². The summed E-state index contributed by atoms with van der Waals surface area (Å²) < 4.78 is 27.3. The predicted octanol–water partition coefficient (Wildman–Crippen LogP) is 0.634. The third kappa shape index (κ3) is 3.37. The minimum atomic E-state index is -3.53. The molecule has 0 aliphatic heterocycles. The topological polar surface area (TPSA) is 92.5 Å². The maximum absolute atomic E-state index is 12.3. The molecule has 0 spiro atoms. The van der Waals surface area contributed by atoms with Crippen LogP contribution in [0, 0.1) is 11.8 Å². The third-order valence-corrected chi connectivity index (χ3v) is 5.42. The number of nitrogens with zero attached hydrogens (tertiary/aromatic N) is 3. The lowest BCUT2D eigenvalue weighted by Crippen LogP contribution is -2.29. The van der Waals surface area contributed by atoms with Crippen molar-refractivity contribution in [2.45, 2.75) is 31.2 Å². The minimum Gasteiger partial charge on any atom is -0.481 e. The van der Waals surface area contributed by atoms with Crippen LogP contribution in [0.25, 0.3) is 0 Å². The Hall–Kier alpha value is -1.41. The molecule has 0 bridgehead atoms. The third-order valence-electron chi connectivity index (χ3n) is 3.64. The van der Waals surface area contributed by atoms with Crippen molar-refractivity contribution in [1.82, 2.24) is 14.1 Å². The lowest BCUT2D eigenvalue weighted by Gasteiger charge is -2.15. The van der Waals surface area contributed by atoms with Crippen LogP contribution in [-0.4, -0.2) is 47.2 Å². The van der Waals surface area contributed by atoms with Crippen molar-refractivity contribution >= 4 is 16.0 Å². The highest BCUT2D eigenvalue weighted by Crippen LogP contribution is 2.38. The van der Waals surface area contributed by atoms with Gasteiger partial charge >= 0.3 is 5.97 Å². The Morgan fingerprint density at radius 1 is 1.60 bits per heavy atom. The van der Waals surface area contributed by atoms with Crippen LogP contribution in [0.4, 0.5) is 0 Å². The van der Waals surface area contributed by atoms with E-state index in [1.54, 1.807) is 7.05 Å². The molecule has 2 unspecified atom stereocenters. The molecule has 1 saturated carbocycles. The number of hydrogen-bond donors (Lipinski definition) is 1. The van der Waals surface area contributed by atoms with E-state index < -0.39 is 16.0 Å². The first-order valence-electron chi connectivity index (χ1n) is 6.51. The van der Waals surface area contributed by atoms with Crippen LogP contribution in [0.1, 0.15) is 19.8 Å². The molecule has 0 aromatic carbocycles.